The molecule has 1 aliphatic carbocycles. The summed E-state index contributed by atoms with van der Waals surface area (Å²) in [6.45, 7) is 0. The Morgan fingerprint density at radius 1 is 0.733 bits per heavy atom. The third kappa shape index (κ3) is 3.55. The maximum Gasteiger partial charge on any atom is 0.225 e. The number of carbonyl (C=O) groups excluding carboxylic acids is 3. The molecule has 0 unspecified atom stereocenters. The molecule has 1 N–H and O–H groups in total. The van der Waals surface area contributed by atoms with Gasteiger partial charge in [0.2, 0.25) is 5.91 Å². The molecule has 4 rings (SSSR count). The molecule has 1 aliphatic rings. The molecule has 0 atom stereocenters. The van der Waals surface area contributed by atoms with Crippen molar-refractivity contribution in [1.82, 2.24) is 0 Å². The van der Waals surface area contributed by atoms with Crippen LogP contribution in [0.15, 0.2) is 77.7 Å². The molecule has 0 aliphatic heterocycles. The maximum absolute atomic E-state index is 13.0. The molecule has 150 valence electrons. The summed E-state index contributed by atoms with van der Waals surface area (Å²) in [4.78, 5) is 38.3. The molecule has 3 aromatic rings. The molecule has 0 fully saturated rings. The second-order valence-corrected chi connectivity index (χ2v) is 8.97. The summed E-state index contributed by atoms with van der Waals surface area (Å²) in [6.07, 6.45) is -0.278. The first kappa shape index (κ1) is 19.7. The summed E-state index contributed by atoms with van der Waals surface area (Å²) < 4.78 is 24.8. The van der Waals surface area contributed by atoms with Crippen molar-refractivity contribution < 1.29 is 22.8 Å². The summed E-state index contributed by atoms with van der Waals surface area (Å²) in [6, 6.07) is 19.1. The lowest BCUT2D eigenvalue weighted by Gasteiger charge is -2.20. The summed E-state index contributed by atoms with van der Waals surface area (Å²) in [5, 5.41) is 2.60. The van der Waals surface area contributed by atoms with Gasteiger partial charge in [-0.3, -0.25) is 14.4 Å². The molecule has 0 bridgehead atoms. The van der Waals surface area contributed by atoms with Crippen molar-refractivity contribution >= 4 is 33.0 Å². The van der Waals surface area contributed by atoms with E-state index >= 15 is 0 Å². The monoisotopic (exact) mass is 419 g/mol. The first-order valence-corrected chi connectivity index (χ1v) is 10.9. The van der Waals surface area contributed by atoms with Crippen LogP contribution in [-0.4, -0.2) is 31.6 Å². The van der Waals surface area contributed by atoms with Crippen LogP contribution in [0.1, 0.15) is 38.3 Å². The number of hydrogen-bond acceptors (Lipinski definition) is 5. The Morgan fingerprint density at radius 3 is 2.03 bits per heavy atom. The van der Waals surface area contributed by atoms with Crippen LogP contribution in [0.2, 0.25) is 0 Å². The van der Waals surface area contributed by atoms with Crippen molar-refractivity contribution in [2.75, 3.05) is 11.1 Å². The SMILES string of the molecule is O=C(CCS(=O)(=O)c1ccccc1)Nc1cccc2c1C(=O)c1ccccc1C2=O. The van der Waals surface area contributed by atoms with Gasteiger partial charge in [0, 0.05) is 23.1 Å². The van der Waals surface area contributed by atoms with Gasteiger partial charge < -0.3 is 5.32 Å². The number of ketones is 2. The number of amides is 1. The number of rotatable bonds is 5. The number of fused-ring (bicyclic) bond motifs is 2. The molecule has 1 amide bonds. The molecule has 0 saturated carbocycles. The molecule has 0 saturated heterocycles. The van der Waals surface area contributed by atoms with Crippen molar-refractivity contribution in [1.29, 1.82) is 0 Å². The highest BCUT2D eigenvalue weighted by Gasteiger charge is 2.31. The van der Waals surface area contributed by atoms with Crippen LogP contribution in [0, 0.1) is 0 Å². The van der Waals surface area contributed by atoms with E-state index in [1.165, 1.54) is 18.2 Å². The van der Waals surface area contributed by atoms with Gasteiger partial charge in [0.05, 0.1) is 21.9 Å². The number of carbonyl (C=O) groups is 3. The van der Waals surface area contributed by atoms with Gasteiger partial charge in [-0.25, -0.2) is 8.42 Å². The van der Waals surface area contributed by atoms with E-state index in [-0.39, 0.29) is 51.0 Å². The van der Waals surface area contributed by atoms with Crippen LogP contribution < -0.4 is 5.32 Å². The molecular weight excluding hydrogens is 402 g/mol. The average Bonchev–Trinajstić information content (AvgIpc) is 2.77. The van der Waals surface area contributed by atoms with E-state index < -0.39 is 15.7 Å². The Hall–Kier alpha value is -3.58. The first-order chi connectivity index (χ1) is 14.4. The topological polar surface area (TPSA) is 97.4 Å². The number of benzene rings is 3. The standard InChI is InChI=1S/C23H17NO5S/c25-20(13-14-30(28,29)15-7-2-1-3-8-15)24-19-12-6-11-18-21(19)23(27)17-10-5-4-9-16(17)22(18)26/h1-12H,13-14H2,(H,24,25). The van der Waals surface area contributed by atoms with Crippen molar-refractivity contribution in [2.24, 2.45) is 0 Å². The van der Waals surface area contributed by atoms with Gasteiger partial charge in [-0.15, -0.1) is 0 Å². The summed E-state index contributed by atoms with van der Waals surface area (Å²) in [5.41, 5.74) is 1.15. The Bertz CT molecular complexity index is 1280. The molecule has 0 heterocycles. The van der Waals surface area contributed by atoms with Gasteiger partial charge in [0.25, 0.3) is 0 Å². The van der Waals surface area contributed by atoms with E-state index in [4.69, 9.17) is 0 Å². The Labute approximate surface area is 173 Å². The van der Waals surface area contributed by atoms with E-state index in [9.17, 15) is 22.8 Å². The summed E-state index contributed by atoms with van der Waals surface area (Å²) in [5.74, 6) is -1.56. The molecule has 0 aromatic heterocycles. The van der Waals surface area contributed by atoms with Gasteiger partial charge in [0.15, 0.2) is 21.4 Å². The van der Waals surface area contributed by atoms with Crippen molar-refractivity contribution in [3.05, 3.63) is 95.1 Å². The number of anilines is 1. The van der Waals surface area contributed by atoms with Gasteiger partial charge in [0.1, 0.15) is 0 Å². The Balaban J connectivity index is 1.56. The molecule has 30 heavy (non-hydrogen) atoms. The lowest BCUT2D eigenvalue weighted by Crippen LogP contribution is -2.24. The van der Waals surface area contributed by atoms with Gasteiger partial charge in [-0.2, -0.15) is 0 Å². The highest BCUT2D eigenvalue weighted by Crippen LogP contribution is 2.32. The fourth-order valence-corrected chi connectivity index (χ4v) is 4.70. The van der Waals surface area contributed by atoms with Crippen molar-refractivity contribution in [3.63, 3.8) is 0 Å². The largest absolute Gasteiger partial charge is 0.325 e. The zero-order valence-corrected chi connectivity index (χ0v) is 16.6. The molecule has 0 radical (unpaired) electrons. The predicted octanol–water partition coefficient (Wildman–Crippen LogP) is 3.26. The molecule has 0 spiro atoms. The van der Waals surface area contributed by atoms with Gasteiger partial charge in [-0.05, 0) is 18.2 Å². The van der Waals surface area contributed by atoms with E-state index in [1.54, 1.807) is 54.6 Å². The quantitative estimate of drug-likeness (QED) is 0.535. The van der Waals surface area contributed by atoms with Crippen LogP contribution in [0.4, 0.5) is 5.69 Å². The highest BCUT2D eigenvalue weighted by atomic mass is 32.2. The van der Waals surface area contributed by atoms with Crippen molar-refractivity contribution in [2.45, 2.75) is 11.3 Å². The normalized spacial score (nSPS) is 12.8. The van der Waals surface area contributed by atoms with E-state index in [0.29, 0.717) is 5.56 Å². The molecule has 6 nitrogen and oxygen atoms in total. The number of hydrogen-bond donors (Lipinski definition) is 1. The van der Waals surface area contributed by atoms with Gasteiger partial charge >= 0.3 is 0 Å². The van der Waals surface area contributed by atoms with E-state index in [0.717, 1.165) is 0 Å². The number of sulfone groups is 1. The summed E-state index contributed by atoms with van der Waals surface area (Å²) in [7, 11) is -3.61. The molecular formula is C23H17NO5S. The Kier molecular flexibility index (Phi) is 5.05. The zero-order valence-electron chi connectivity index (χ0n) is 15.8. The first-order valence-electron chi connectivity index (χ1n) is 9.27. The molecule has 7 heteroatoms. The van der Waals surface area contributed by atoms with Crippen LogP contribution in [0.3, 0.4) is 0 Å². The lowest BCUT2D eigenvalue weighted by molar-refractivity contribution is -0.115. The number of nitrogens with one attached hydrogen (secondary N) is 1. The Morgan fingerprint density at radius 2 is 1.33 bits per heavy atom. The van der Waals surface area contributed by atoms with E-state index in [2.05, 4.69) is 5.32 Å². The third-order valence-electron chi connectivity index (χ3n) is 4.93. The average molecular weight is 419 g/mol. The van der Waals surface area contributed by atoms with Crippen molar-refractivity contribution in [3.8, 4) is 0 Å². The van der Waals surface area contributed by atoms with Crippen LogP contribution in [0.5, 0.6) is 0 Å². The smallest absolute Gasteiger partial charge is 0.225 e. The summed E-state index contributed by atoms with van der Waals surface area (Å²) >= 11 is 0. The van der Waals surface area contributed by atoms with Crippen LogP contribution >= 0.6 is 0 Å². The van der Waals surface area contributed by atoms with Crippen LogP contribution in [0.25, 0.3) is 0 Å². The maximum atomic E-state index is 13.0. The van der Waals surface area contributed by atoms with Crippen LogP contribution in [-0.2, 0) is 14.6 Å². The molecule has 3 aromatic carbocycles. The second-order valence-electron chi connectivity index (χ2n) is 6.86. The minimum absolute atomic E-state index is 0.125. The zero-order chi connectivity index (χ0) is 21.3. The van der Waals surface area contributed by atoms with Gasteiger partial charge in [-0.1, -0.05) is 54.6 Å². The lowest BCUT2D eigenvalue weighted by atomic mass is 9.83. The fraction of sp³-hybridized carbons (Fsp3) is 0.0870. The minimum atomic E-state index is -3.61. The van der Waals surface area contributed by atoms with E-state index in [1.807, 2.05) is 0 Å². The fourth-order valence-electron chi connectivity index (χ4n) is 3.43. The highest BCUT2D eigenvalue weighted by molar-refractivity contribution is 7.91. The second kappa shape index (κ2) is 7.68. The minimum Gasteiger partial charge on any atom is -0.325 e. The predicted molar refractivity (Wildman–Crippen MR) is 111 cm³/mol. The third-order valence-corrected chi connectivity index (χ3v) is 6.66.